The fourth-order valence-electron chi connectivity index (χ4n) is 4.58. The van der Waals surface area contributed by atoms with Gasteiger partial charge >= 0.3 is 0 Å². The summed E-state index contributed by atoms with van der Waals surface area (Å²) in [5.74, 6) is 1.50. The normalized spacial score (nSPS) is 15.4. The topological polar surface area (TPSA) is 85.8 Å². The lowest BCUT2D eigenvalue weighted by molar-refractivity contribution is -0.133. The number of hydrogen-bond acceptors (Lipinski definition) is 7. The molecule has 1 aliphatic rings. The zero-order chi connectivity index (χ0) is 24.6. The third kappa shape index (κ3) is 3.97. The number of benzene rings is 2. The minimum atomic E-state index is -0.212. The lowest BCUT2D eigenvalue weighted by Gasteiger charge is -2.23. The summed E-state index contributed by atoms with van der Waals surface area (Å²) in [5.41, 5.74) is 3.53. The summed E-state index contributed by atoms with van der Waals surface area (Å²) in [6.07, 6.45) is 0.640. The van der Waals surface area contributed by atoms with Crippen LogP contribution in [0.15, 0.2) is 81.6 Å². The Morgan fingerprint density at radius 1 is 1.11 bits per heavy atom. The van der Waals surface area contributed by atoms with E-state index in [2.05, 4.69) is 10.2 Å². The van der Waals surface area contributed by atoms with E-state index in [0.29, 0.717) is 23.9 Å². The maximum absolute atomic E-state index is 13.9. The molecular weight excluding hydrogens is 474 g/mol. The van der Waals surface area contributed by atoms with Crippen LogP contribution in [0.4, 0.5) is 0 Å². The molecular formula is C27H23N5O3S. The van der Waals surface area contributed by atoms with E-state index in [1.807, 2.05) is 76.7 Å². The van der Waals surface area contributed by atoms with Gasteiger partial charge in [-0.25, -0.2) is 5.01 Å². The fourth-order valence-corrected chi connectivity index (χ4v) is 5.30. The Balaban J connectivity index is 1.39. The largest absolute Gasteiger partial charge is 0.497 e. The Morgan fingerprint density at radius 3 is 2.67 bits per heavy atom. The van der Waals surface area contributed by atoms with E-state index in [1.165, 1.54) is 0 Å². The van der Waals surface area contributed by atoms with Crippen LogP contribution in [0.2, 0.25) is 0 Å². The quantitative estimate of drug-likeness (QED) is 0.312. The summed E-state index contributed by atoms with van der Waals surface area (Å²) >= 11 is 1.62. The van der Waals surface area contributed by atoms with Gasteiger partial charge in [0.25, 0.3) is 11.8 Å². The van der Waals surface area contributed by atoms with Gasteiger partial charge in [-0.3, -0.25) is 4.79 Å². The smallest absolute Gasteiger partial charge is 0.264 e. The van der Waals surface area contributed by atoms with Crippen LogP contribution in [0, 0.1) is 6.92 Å². The van der Waals surface area contributed by atoms with Crippen LogP contribution in [-0.4, -0.2) is 38.5 Å². The number of thiophene rings is 1. The van der Waals surface area contributed by atoms with E-state index in [9.17, 15) is 4.79 Å². The van der Waals surface area contributed by atoms with Gasteiger partial charge in [-0.15, -0.1) is 21.5 Å². The van der Waals surface area contributed by atoms with Crippen molar-refractivity contribution in [2.75, 3.05) is 7.11 Å². The van der Waals surface area contributed by atoms with Crippen LogP contribution in [0.5, 0.6) is 5.75 Å². The molecule has 6 rings (SSSR count). The molecule has 0 unspecified atom stereocenters. The van der Waals surface area contributed by atoms with Crippen molar-refractivity contribution in [1.29, 1.82) is 0 Å². The number of fused-ring (bicyclic) bond motifs is 1. The predicted molar refractivity (Wildman–Crippen MR) is 138 cm³/mol. The molecule has 0 fully saturated rings. The fraction of sp³-hybridized carbons (Fsp3) is 0.185. The Labute approximate surface area is 211 Å². The molecule has 8 nitrogen and oxygen atoms in total. The van der Waals surface area contributed by atoms with Crippen molar-refractivity contribution >= 4 is 33.9 Å². The monoisotopic (exact) mass is 497 g/mol. The molecule has 1 aliphatic heterocycles. The van der Waals surface area contributed by atoms with Crippen molar-refractivity contribution in [2.45, 2.75) is 25.9 Å². The number of para-hydroxylation sites is 1. The number of methoxy groups -OCH3 is 1. The number of amides is 1. The second-order valence-electron chi connectivity index (χ2n) is 8.56. The first-order chi connectivity index (χ1) is 17.6. The van der Waals surface area contributed by atoms with E-state index >= 15 is 0 Å². The molecule has 3 aromatic heterocycles. The highest BCUT2D eigenvalue weighted by Gasteiger charge is 2.34. The molecule has 1 amide bonds. The first-order valence-electron chi connectivity index (χ1n) is 11.6. The van der Waals surface area contributed by atoms with E-state index in [-0.39, 0.29) is 18.5 Å². The molecule has 0 spiro atoms. The number of carbonyl (C=O) groups is 1. The molecule has 0 bridgehead atoms. The SMILES string of the molecule is COc1ccc([C@@H]2CC(c3cccs3)=NN2C(=O)Cn2c(-c3nnc(C)o3)cc3ccccc32)cc1. The highest BCUT2D eigenvalue weighted by atomic mass is 32.1. The molecule has 5 aromatic rings. The molecule has 0 radical (unpaired) electrons. The minimum absolute atomic E-state index is 0.0815. The Morgan fingerprint density at radius 2 is 1.94 bits per heavy atom. The highest BCUT2D eigenvalue weighted by Crippen LogP contribution is 2.35. The lowest BCUT2D eigenvalue weighted by Crippen LogP contribution is -2.30. The minimum Gasteiger partial charge on any atom is -0.497 e. The number of aromatic nitrogens is 3. The van der Waals surface area contributed by atoms with Crippen LogP contribution in [0.1, 0.15) is 28.8 Å². The number of hydrogen-bond donors (Lipinski definition) is 0. The number of nitrogens with zero attached hydrogens (tertiary/aromatic N) is 5. The molecule has 0 saturated heterocycles. The van der Waals surface area contributed by atoms with Crippen molar-refractivity contribution in [2.24, 2.45) is 5.10 Å². The molecule has 4 heterocycles. The third-order valence-electron chi connectivity index (χ3n) is 6.32. The molecule has 180 valence electrons. The summed E-state index contributed by atoms with van der Waals surface area (Å²) < 4.78 is 13.0. The van der Waals surface area contributed by atoms with E-state index < -0.39 is 0 Å². The van der Waals surface area contributed by atoms with E-state index in [1.54, 1.807) is 30.4 Å². The van der Waals surface area contributed by atoms with Gasteiger partial charge in [0.05, 0.1) is 23.7 Å². The second-order valence-corrected chi connectivity index (χ2v) is 9.50. The molecule has 1 atom stereocenters. The summed E-state index contributed by atoms with van der Waals surface area (Å²) in [4.78, 5) is 14.9. The van der Waals surface area contributed by atoms with Gasteiger partial charge in [0.15, 0.2) is 0 Å². The van der Waals surface area contributed by atoms with Crippen LogP contribution >= 0.6 is 11.3 Å². The average Bonchev–Trinajstić information content (AvgIpc) is 3.70. The average molecular weight is 498 g/mol. The van der Waals surface area contributed by atoms with E-state index in [0.717, 1.165) is 32.8 Å². The van der Waals surface area contributed by atoms with Gasteiger partial charge in [-0.2, -0.15) is 5.10 Å². The number of hydrazone groups is 1. The van der Waals surface area contributed by atoms with Gasteiger partial charge in [-0.05, 0) is 41.3 Å². The van der Waals surface area contributed by atoms with Gasteiger partial charge in [0.1, 0.15) is 18.0 Å². The van der Waals surface area contributed by atoms with Crippen molar-refractivity contribution in [3.63, 3.8) is 0 Å². The second kappa shape index (κ2) is 9.09. The summed E-state index contributed by atoms with van der Waals surface area (Å²) in [6.45, 7) is 1.83. The Kier molecular flexibility index (Phi) is 5.61. The third-order valence-corrected chi connectivity index (χ3v) is 7.24. The van der Waals surface area contributed by atoms with Crippen molar-refractivity contribution < 1.29 is 13.9 Å². The number of carbonyl (C=O) groups excluding carboxylic acids is 1. The molecule has 0 aliphatic carbocycles. The van der Waals surface area contributed by atoms with Gasteiger partial charge in [0.2, 0.25) is 5.89 Å². The summed E-state index contributed by atoms with van der Waals surface area (Å²) in [5, 5.41) is 17.6. The van der Waals surface area contributed by atoms with Gasteiger partial charge in [0, 0.05) is 24.2 Å². The number of rotatable bonds is 6. The molecule has 9 heteroatoms. The van der Waals surface area contributed by atoms with Crippen LogP contribution in [0.25, 0.3) is 22.5 Å². The van der Waals surface area contributed by atoms with Gasteiger partial charge < -0.3 is 13.7 Å². The van der Waals surface area contributed by atoms with Crippen molar-refractivity contribution in [3.05, 3.63) is 88.4 Å². The summed E-state index contributed by atoms with van der Waals surface area (Å²) in [6, 6.07) is 21.5. The number of aryl methyl sites for hydroxylation is 1. The van der Waals surface area contributed by atoms with E-state index in [4.69, 9.17) is 14.3 Å². The van der Waals surface area contributed by atoms with Crippen LogP contribution in [-0.2, 0) is 11.3 Å². The van der Waals surface area contributed by atoms with Gasteiger partial charge in [-0.1, -0.05) is 36.4 Å². The lowest BCUT2D eigenvalue weighted by atomic mass is 10.0. The standard InChI is InChI=1S/C27H23N5O3S/c1-17-28-29-27(35-17)24-14-19-6-3-4-7-22(19)31(24)16-26(33)32-23(18-9-11-20(34-2)12-10-18)15-21(30-32)25-8-5-13-36-25/h3-14,23H,15-16H2,1-2H3/t23-/m0/s1. The van der Waals surface area contributed by atoms with Crippen LogP contribution in [0.3, 0.4) is 0 Å². The Bertz CT molecular complexity index is 1570. The Hall–Kier alpha value is -4.24. The number of ether oxygens (including phenoxy) is 1. The summed E-state index contributed by atoms with van der Waals surface area (Å²) in [7, 11) is 1.64. The first-order valence-corrected chi connectivity index (χ1v) is 12.4. The zero-order valence-electron chi connectivity index (χ0n) is 19.8. The first kappa shape index (κ1) is 22.2. The highest BCUT2D eigenvalue weighted by molar-refractivity contribution is 7.12. The zero-order valence-corrected chi connectivity index (χ0v) is 20.6. The van der Waals surface area contributed by atoms with Crippen molar-refractivity contribution in [1.82, 2.24) is 19.8 Å². The molecule has 0 N–H and O–H groups in total. The molecule has 0 saturated carbocycles. The predicted octanol–water partition coefficient (Wildman–Crippen LogP) is 5.45. The maximum Gasteiger partial charge on any atom is 0.264 e. The molecule has 36 heavy (non-hydrogen) atoms. The molecule has 2 aromatic carbocycles. The van der Waals surface area contributed by atoms with Crippen LogP contribution < -0.4 is 4.74 Å². The maximum atomic E-state index is 13.9. The van der Waals surface area contributed by atoms with Crippen molar-refractivity contribution in [3.8, 4) is 17.3 Å².